The van der Waals surface area contributed by atoms with Gasteiger partial charge in [-0.1, -0.05) is 37.1 Å². The van der Waals surface area contributed by atoms with Crippen molar-refractivity contribution in [2.24, 2.45) is 0 Å². The summed E-state index contributed by atoms with van der Waals surface area (Å²) in [4.78, 5) is 21.3. The van der Waals surface area contributed by atoms with Crippen molar-refractivity contribution >= 4 is 34.2 Å². The molecular formula is C19H25ClN4OS. The molecule has 2 heterocycles. The number of carbonyl (C=O) groups excluding carboxylic acids is 1. The van der Waals surface area contributed by atoms with Gasteiger partial charge in [0.25, 0.3) is 0 Å². The third-order valence-corrected chi connectivity index (χ3v) is 5.76. The van der Waals surface area contributed by atoms with Crippen LogP contribution in [0.3, 0.4) is 0 Å². The molecule has 0 spiro atoms. The van der Waals surface area contributed by atoms with Crippen molar-refractivity contribution in [3.63, 3.8) is 0 Å². The molecule has 1 atom stereocenters. The molecule has 1 amide bonds. The van der Waals surface area contributed by atoms with Gasteiger partial charge in [0.05, 0.1) is 0 Å². The highest BCUT2D eigenvalue weighted by atomic mass is 35.5. The summed E-state index contributed by atoms with van der Waals surface area (Å²) < 4.78 is 4.50. The fourth-order valence-corrected chi connectivity index (χ4v) is 4.05. The number of hydrogen-bond donors (Lipinski definition) is 0. The van der Waals surface area contributed by atoms with E-state index >= 15 is 0 Å². The zero-order valence-electron chi connectivity index (χ0n) is 15.3. The summed E-state index contributed by atoms with van der Waals surface area (Å²) in [5.41, 5.74) is 1.15. The van der Waals surface area contributed by atoms with Gasteiger partial charge in [-0.2, -0.15) is 4.37 Å². The molecule has 1 aliphatic rings. The van der Waals surface area contributed by atoms with Crippen LogP contribution >= 0.6 is 23.1 Å². The molecule has 1 aliphatic heterocycles. The van der Waals surface area contributed by atoms with Crippen LogP contribution in [-0.2, 0) is 11.2 Å². The number of halogens is 1. The molecule has 140 valence electrons. The molecule has 7 heteroatoms. The van der Waals surface area contributed by atoms with E-state index in [1.807, 2.05) is 29.2 Å². The molecule has 1 unspecified atom stereocenters. The van der Waals surface area contributed by atoms with Gasteiger partial charge in [0.15, 0.2) is 0 Å². The van der Waals surface area contributed by atoms with Gasteiger partial charge in [-0.25, -0.2) is 4.98 Å². The minimum atomic E-state index is 0.205. The number of rotatable bonds is 6. The van der Waals surface area contributed by atoms with Crippen molar-refractivity contribution < 1.29 is 4.79 Å². The summed E-state index contributed by atoms with van der Waals surface area (Å²) in [6, 6.07) is 8.00. The number of hydrogen-bond acceptors (Lipinski definition) is 5. The lowest BCUT2D eigenvalue weighted by molar-refractivity contribution is -0.133. The number of aromatic nitrogens is 2. The van der Waals surface area contributed by atoms with Crippen molar-refractivity contribution in [2.45, 2.75) is 45.6 Å². The monoisotopic (exact) mass is 392 g/mol. The number of unbranched alkanes of at least 4 members (excludes halogenated alkanes) is 1. The van der Waals surface area contributed by atoms with Crippen molar-refractivity contribution in [3.8, 4) is 0 Å². The Morgan fingerprint density at radius 1 is 1.31 bits per heavy atom. The Balaban J connectivity index is 1.58. The van der Waals surface area contributed by atoms with Crippen LogP contribution in [0.15, 0.2) is 24.3 Å². The van der Waals surface area contributed by atoms with Crippen molar-refractivity contribution in [1.82, 2.24) is 14.3 Å². The molecule has 2 aromatic rings. The van der Waals surface area contributed by atoms with Gasteiger partial charge < -0.3 is 9.80 Å². The maximum atomic E-state index is 12.3. The minimum Gasteiger partial charge on any atom is -0.343 e. The van der Waals surface area contributed by atoms with Crippen LogP contribution < -0.4 is 4.90 Å². The van der Waals surface area contributed by atoms with E-state index in [1.54, 1.807) is 0 Å². The van der Waals surface area contributed by atoms with Crippen molar-refractivity contribution in [3.05, 3.63) is 40.7 Å². The lowest BCUT2D eigenvalue weighted by Gasteiger charge is -2.39. The second-order valence-corrected chi connectivity index (χ2v) is 7.95. The molecule has 1 fully saturated rings. The van der Waals surface area contributed by atoms with E-state index in [1.165, 1.54) is 11.5 Å². The van der Waals surface area contributed by atoms with Gasteiger partial charge >= 0.3 is 0 Å². The molecule has 1 aromatic heterocycles. The Kier molecular flexibility index (Phi) is 6.48. The highest BCUT2D eigenvalue weighted by Crippen LogP contribution is 2.23. The molecule has 1 saturated heterocycles. The normalized spacial score (nSPS) is 17.6. The summed E-state index contributed by atoms with van der Waals surface area (Å²) in [7, 11) is 0. The lowest BCUT2D eigenvalue weighted by atomic mass is 10.1. The maximum Gasteiger partial charge on any atom is 0.222 e. The van der Waals surface area contributed by atoms with Crippen LogP contribution in [0.4, 0.5) is 5.13 Å². The number of amides is 1. The molecule has 0 radical (unpaired) electrons. The highest BCUT2D eigenvalue weighted by molar-refractivity contribution is 7.09. The van der Waals surface area contributed by atoms with E-state index in [2.05, 4.69) is 23.1 Å². The molecule has 0 N–H and O–H groups in total. The first-order valence-corrected chi connectivity index (χ1v) is 10.3. The molecule has 1 aromatic carbocycles. The van der Waals surface area contributed by atoms with Crippen LogP contribution in [0.2, 0.25) is 5.02 Å². The molecule has 3 rings (SSSR count). The number of nitrogens with zero attached hydrogens (tertiary/aromatic N) is 4. The van der Waals surface area contributed by atoms with Crippen LogP contribution in [-0.4, -0.2) is 45.8 Å². The van der Waals surface area contributed by atoms with Crippen LogP contribution in [0, 0.1) is 0 Å². The fourth-order valence-electron chi connectivity index (χ4n) is 3.20. The van der Waals surface area contributed by atoms with E-state index in [0.717, 1.165) is 54.0 Å². The standard InChI is InChI=1S/C19H25ClN4OS/c1-3-4-5-18(25)24-11-10-23(13-14(24)2)19-21-17(22-26-19)12-15-6-8-16(20)9-7-15/h6-9,14H,3-5,10-13H2,1-2H3. The largest absolute Gasteiger partial charge is 0.343 e. The van der Waals surface area contributed by atoms with Gasteiger partial charge in [0.1, 0.15) is 5.82 Å². The van der Waals surface area contributed by atoms with Crippen molar-refractivity contribution in [1.29, 1.82) is 0 Å². The van der Waals surface area contributed by atoms with Crippen LogP contribution in [0.25, 0.3) is 0 Å². The second-order valence-electron chi connectivity index (χ2n) is 6.78. The summed E-state index contributed by atoms with van der Waals surface area (Å²) in [5, 5.41) is 1.68. The molecule has 26 heavy (non-hydrogen) atoms. The lowest BCUT2D eigenvalue weighted by Crippen LogP contribution is -2.54. The van der Waals surface area contributed by atoms with Gasteiger partial charge in [-0.15, -0.1) is 0 Å². The Morgan fingerprint density at radius 2 is 2.08 bits per heavy atom. The highest BCUT2D eigenvalue weighted by Gasteiger charge is 2.28. The number of anilines is 1. The fraction of sp³-hybridized carbons (Fsp3) is 0.526. The first-order chi connectivity index (χ1) is 12.6. The third kappa shape index (κ3) is 4.74. The van der Waals surface area contributed by atoms with E-state index in [4.69, 9.17) is 16.6 Å². The molecule has 0 saturated carbocycles. The second kappa shape index (κ2) is 8.82. The first-order valence-electron chi connectivity index (χ1n) is 9.18. The van der Waals surface area contributed by atoms with Gasteiger partial charge in [0.2, 0.25) is 11.0 Å². The molecule has 5 nitrogen and oxygen atoms in total. The Labute approximate surface area is 164 Å². The van der Waals surface area contributed by atoms with Crippen LogP contribution in [0.1, 0.15) is 44.5 Å². The zero-order valence-corrected chi connectivity index (χ0v) is 16.9. The average molecular weight is 393 g/mol. The quantitative estimate of drug-likeness (QED) is 0.745. The van der Waals surface area contributed by atoms with E-state index in [-0.39, 0.29) is 11.9 Å². The first kappa shape index (κ1) is 19.1. The Bertz CT molecular complexity index is 733. The molecule has 0 bridgehead atoms. The molecule has 0 aliphatic carbocycles. The summed E-state index contributed by atoms with van der Waals surface area (Å²) >= 11 is 7.37. The Morgan fingerprint density at radius 3 is 2.77 bits per heavy atom. The van der Waals surface area contributed by atoms with Gasteiger partial charge in [0, 0.05) is 55.1 Å². The zero-order chi connectivity index (χ0) is 18.5. The minimum absolute atomic E-state index is 0.205. The SMILES string of the molecule is CCCCC(=O)N1CCN(c2nc(Cc3ccc(Cl)cc3)ns2)CC1C. The summed E-state index contributed by atoms with van der Waals surface area (Å²) in [6.07, 6.45) is 3.39. The Hall–Kier alpha value is -1.66. The topological polar surface area (TPSA) is 49.3 Å². The number of piperazine rings is 1. The average Bonchev–Trinajstić information content (AvgIpc) is 3.10. The number of benzene rings is 1. The predicted octanol–water partition coefficient (Wildman–Crippen LogP) is 4.01. The van der Waals surface area contributed by atoms with Gasteiger partial charge in [-0.05, 0) is 31.0 Å². The third-order valence-electron chi connectivity index (χ3n) is 4.70. The molecular weight excluding hydrogens is 368 g/mol. The van der Waals surface area contributed by atoms with E-state index in [9.17, 15) is 4.79 Å². The summed E-state index contributed by atoms with van der Waals surface area (Å²) in [6.45, 7) is 6.62. The number of carbonyl (C=O) groups is 1. The maximum absolute atomic E-state index is 12.3. The van der Waals surface area contributed by atoms with Crippen molar-refractivity contribution in [2.75, 3.05) is 24.5 Å². The predicted molar refractivity (Wildman–Crippen MR) is 107 cm³/mol. The van der Waals surface area contributed by atoms with Gasteiger partial charge in [-0.3, -0.25) is 4.79 Å². The van der Waals surface area contributed by atoms with E-state index < -0.39 is 0 Å². The smallest absolute Gasteiger partial charge is 0.222 e. The van der Waals surface area contributed by atoms with Crippen LogP contribution in [0.5, 0.6) is 0 Å². The summed E-state index contributed by atoms with van der Waals surface area (Å²) in [5.74, 6) is 1.11. The van der Waals surface area contributed by atoms with E-state index in [0.29, 0.717) is 12.8 Å².